The Morgan fingerprint density at radius 2 is 1.83 bits per heavy atom. The van der Waals surface area contributed by atoms with Crippen LogP contribution in [-0.4, -0.2) is 18.4 Å². The number of esters is 1. The Morgan fingerprint density at radius 1 is 1.17 bits per heavy atom. The molecule has 12 heavy (non-hydrogen) atoms. The smallest absolute Gasteiger partial charge is 0.374 e. The third-order valence-corrected chi connectivity index (χ3v) is 1.42. The number of ether oxygens (including phenoxy) is 1. The molecule has 0 radical (unpaired) electrons. The molecule has 70 valence electrons. The Balaban J connectivity index is 3.55. The van der Waals surface area contributed by atoms with Crippen molar-refractivity contribution in [3.63, 3.8) is 0 Å². The SMILES string of the molecule is CCCCC(=O)C(=O)OCCC. The molecule has 3 heteroatoms. The molecular formula is C9H16O3. The van der Waals surface area contributed by atoms with Crippen LogP contribution in [0.25, 0.3) is 0 Å². The van der Waals surface area contributed by atoms with Gasteiger partial charge in [0, 0.05) is 6.42 Å². The molecule has 0 unspecified atom stereocenters. The van der Waals surface area contributed by atoms with Crippen molar-refractivity contribution in [1.82, 2.24) is 0 Å². The van der Waals surface area contributed by atoms with Crippen LogP contribution in [0.2, 0.25) is 0 Å². The summed E-state index contributed by atoms with van der Waals surface area (Å²) in [6.07, 6.45) is 2.76. The maximum Gasteiger partial charge on any atom is 0.374 e. The molecule has 0 aliphatic heterocycles. The van der Waals surface area contributed by atoms with E-state index >= 15 is 0 Å². The van der Waals surface area contributed by atoms with Crippen LogP contribution in [-0.2, 0) is 14.3 Å². The van der Waals surface area contributed by atoms with E-state index in [1.54, 1.807) is 0 Å². The quantitative estimate of drug-likeness (QED) is 0.452. The van der Waals surface area contributed by atoms with Crippen molar-refractivity contribution in [3.05, 3.63) is 0 Å². The minimum Gasteiger partial charge on any atom is -0.460 e. The molecular weight excluding hydrogens is 156 g/mol. The second kappa shape index (κ2) is 6.83. The van der Waals surface area contributed by atoms with Gasteiger partial charge in [-0.1, -0.05) is 20.3 Å². The molecule has 0 aromatic carbocycles. The molecule has 0 bridgehead atoms. The molecule has 0 rings (SSSR count). The Morgan fingerprint density at radius 3 is 2.33 bits per heavy atom. The van der Waals surface area contributed by atoms with Crippen molar-refractivity contribution >= 4 is 11.8 Å². The summed E-state index contributed by atoms with van der Waals surface area (Å²) in [5, 5.41) is 0. The van der Waals surface area contributed by atoms with Gasteiger partial charge in [-0.15, -0.1) is 0 Å². The van der Waals surface area contributed by atoms with E-state index in [4.69, 9.17) is 0 Å². The van der Waals surface area contributed by atoms with Gasteiger partial charge in [-0.2, -0.15) is 0 Å². The van der Waals surface area contributed by atoms with Crippen LogP contribution in [0.1, 0.15) is 39.5 Å². The van der Waals surface area contributed by atoms with Crippen molar-refractivity contribution < 1.29 is 14.3 Å². The first-order chi connectivity index (χ1) is 5.72. The van der Waals surface area contributed by atoms with Gasteiger partial charge in [-0.05, 0) is 12.8 Å². The van der Waals surface area contributed by atoms with Crippen LogP contribution in [0.15, 0.2) is 0 Å². The van der Waals surface area contributed by atoms with Crippen LogP contribution >= 0.6 is 0 Å². The third kappa shape index (κ3) is 4.88. The Hall–Kier alpha value is -0.860. The summed E-state index contributed by atoms with van der Waals surface area (Å²) in [5.74, 6) is -1.07. The lowest BCUT2D eigenvalue weighted by Crippen LogP contribution is -2.17. The summed E-state index contributed by atoms with van der Waals surface area (Å²) in [5.41, 5.74) is 0. The number of rotatable bonds is 6. The molecule has 0 amide bonds. The molecule has 0 saturated carbocycles. The summed E-state index contributed by atoms with van der Waals surface area (Å²) >= 11 is 0. The first kappa shape index (κ1) is 11.1. The minimum atomic E-state index is -0.676. The Bertz CT molecular complexity index is 134. The second-order valence-corrected chi connectivity index (χ2v) is 2.66. The maximum absolute atomic E-state index is 10.9. The van der Waals surface area contributed by atoms with E-state index in [1.807, 2.05) is 13.8 Å². The van der Waals surface area contributed by atoms with Gasteiger partial charge in [-0.3, -0.25) is 4.79 Å². The Kier molecular flexibility index (Phi) is 6.34. The predicted octanol–water partition coefficient (Wildman–Crippen LogP) is 1.70. The monoisotopic (exact) mass is 172 g/mol. The zero-order valence-corrected chi connectivity index (χ0v) is 7.76. The number of unbranched alkanes of at least 4 members (excludes halogenated alkanes) is 1. The van der Waals surface area contributed by atoms with Crippen LogP contribution < -0.4 is 0 Å². The summed E-state index contributed by atoms with van der Waals surface area (Å²) < 4.78 is 4.66. The normalized spacial score (nSPS) is 9.50. The fourth-order valence-corrected chi connectivity index (χ4v) is 0.715. The van der Waals surface area contributed by atoms with Gasteiger partial charge in [0.1, 0.15) is 0 Å². The maximum atomic E-state index is 10.9. The van der Waals surface area contributed by atoms with E-state index in [0.29, 0.717) is 13.0 Å². The number of carbonyl (C=O) groups excluding carboxylic acids is 2. The van der Waals surface area contributed by atoms with Gasteiger partial charge >= 0.3 is 5.97 Å². The van der Waals surface area contributed by atoms with Gasteiger partial charge in [-0.25, -0.2) is 4.79 Å². The highest BCUT2D eigenvalue weighted by Gasteiger charge is 2.13. The number of hydrogen-bond acceptors (Lipinski definition) is 3. The van der Waals surface area contributed by atoms with Crippen LogP contribution in [0.4, 0.5) is 0 Å². The van der Waals surface area contributed by atoms with Crippen molar-refractivity contribution in [1.29, 1.82) is 0 Å². The standard InChI is InChI=1S/C9H16O3/c1-3-5-6-8(10)9(11)12-7-4-2/h3-7H2,1-2H3. The van der Waals surface area contributed by atoms with Gasteiger partial charge < -0.3 is 4.74 Å². The van der Waals surface area contributed by atoms with E-state index in [-0.39, 0.29) is 0 Å². The lowest BCUT2D eigenvalue weighted by Gasteiger charge is -2.00. The number of Topliss-reactive ketones (excluding diaryl/α,β-unsaturated/α-hetero) is 1. The van der Waals surface area contributed by atoms with Crippen molar-refractivity contribution in [3.8, 4) is 0 Å². The number of hydrogen-bond donors (Lipinski definition) is 0. The average Bonchev–Trinajstić information content (AvgIpc) is 2.10. The molecule has 0 atom stereocenters. The van der Waals surface area contributed by atoms with Crippen molar-refractivity contribution in [2.75, 3.05) is 6.61 Å². The minimum absolute atomic E-state index is 0.318. The summed E-state index contributed by atoms with van der Waals surface area (Å²) in [6, 6.07) is 0. The summed E-state index contributed by atoms with van der Waals surface area (Å²) in [6.45, 7) is 4.21. The fourth-order valence-electron chi connectivity index (χ4n) is 0.715. The van der Waals surface area contributed by atoms with E-state index < -0.39 is 11.8 Å². The van der Waals surface area contributed by atoms with E-state index in [0.717, 1.165) is 19.3 Å². The molecule has 0 aliphatic carbocycles. The average molecular weight is 172 g/mol. The highest BCUT2D eigenvalue weighted by molar-refractivity contribution is 6.33. The highest BCUT2D eigenvalue weighted by atomic mass is 16.5. The van der Waals surface area contributed by atoms with Crippen LogP contribution in [0.3, 0.4) is 0 Å². The number of ketones is 1. The van der Waals surface area contributed by atoms with E-state index in [9.17, 15) is 9.59 Å². The van der Waals surface area contributed by atoms with Crippen LogP contribution in [0.5, 0.6) is 0 Å². The molecule has 0 N–H and O–H groups in total. The van der Waals surface area contributed by atoms with Gasteiger partial charge in [0.15, 0.2) is 0 Å². The number of carbonyl (C=O) groups is 2. The van der Waals surface area contributed by atoms with E-state index in [2.05, 4.69) is 4.74 Å². The molecule has 0 saturated heterocycles. The predicted molar refractivity (Wildman–Crippen MR) is 45.8 cm³/mol. The second-order valence-electron chi connectivity index (χ2n) is 2.66. The lowest BCUT2D eigenvalue weighted by atomic mass is 10.2. The lowest BCUT2D eigenvalue weighted by molar-refractivity contribution is -0.153. The molecule has 3 nitrogen and oxygen atoms in total. The molecule has 0 spiro atoms. The van der Waals surface area contributed by atoms with E-state index in [1.165, 1.54) is 0 Å². The fraction of sp³-hybridized carbons (Fsp3) is 0.778. The first-order valence-corrected chi connectivity index (χ1v) is 4.42. The van der Waals surface area contributed by atoms with Crippen molar-refractivity contribution in [2.45, 2.75) is 39.5 Å². The summed E-state index contributed by atoms with van der Waals surface area (Å²) in [4.78, 5) is 21.8. The molecule has 0 fully saturated rings. The Labute approximate surface area is 73.1 Å². The highest BCUT2D eigenvalue weighted by Crippen LogP contribution is 1.97. The molecule has 0 heterocycles. The van der Waals surface area contributed by atoms with Gasteiger partial charge in [0.25, 0.3) is 0 Å². The zero-order valence-electron chi connectivity index (χ0n) is 7.76. The van der Waals surface area contributed by atoms with Crippen LogP contribution in [0, 0.1) is 0 Å². The topological polar surface area (TPSA) is 43.4 Å². The molecule has 0 aliphatic rings. The zero-order chi connectivity index (χ0) is 9.40. The first-order valence-electron chi connectivity index (χ1n) is 4.42. The summed E-state index contributed by atoms with van der Waals surface area (Å²) in [7, 11) is 0. The van der Waals surface area contributed by atoms with Gasteiger partial charge in [0.2, 0.25) is 5.78 Å². The molecule has 0 aromatic rings. The van der Waals surface area contributed by atoms with Crippen molar-refractivity contribution in [2.24, 2.45) is 0 Å². The third-order valence-electron chi connectivity index (χ3n) is 1.42. The largest absolute Gasteiger partial charge is 0.460 e. The van der Waals surface area contributed by atoms with Gasteiger partial charge in [0.05, 0.1) is 6.61 Å². The molecule has 0 aromatic heterocycles.